The smallest absolute Gasteiger partial charge is 0.246 e. The molecule has 3 amide bonds. The van der Waals surface area contributed by atoms with E-state index in [9.17, 15) is 14.4 Å². The van der Waals surface area contributed by atoms with Crippen LogP contribution in [0.2, 0.25) is 0 Å². The van der Waals surface area contributed by atoms with Gasteiger partial charge in [0.2, 0.25) is 17.7 Å². The molecule has 0 unspecified atom stereocenters. The molecule has 1 spiro atoms. The van der Waals surface area contributed by atoms with Gasteiger partial charge in [0.15, 0.2) is 0 Å². The van der Waals surface area contributed by atoms with Gasteiger partial charge in [-0.3, -0.25) is 14.4 Å². The Labute approximate surface area is 235 Å². The Kier molecular flexibility index (Phi) is 6.90. The third kappa shape index (κ3) is 4.48. The predicted octanol–water partition coefficient (Wildman–Crippen LogP) is 3.87. The molecule has 210 valence electrons. The fourth-order valence-corrected chi connectivity index (χ4v) is 7.18. The second-order valence-electron chi connectivity index (χ2n) is 11.7. The van der Waals surface area contributed by atoms with Crippen LogP contribution in [0.1, 0.15) is 44.6 Å². The largest absolute Gasteiger partial charge is 0.497 e. The van der Waals surface area contributed by atoms with Crippen molar-refractivity contribution in [3.63, 3.8) is 0 Å². The lowest BCUT2D eigenvalue weighted by Gasteiger charge is -2.34. The number of hydrogen-bond acceptors (Lipinski definition) is 5. The van der Waals surface area contributed by atoms with Crippen LogP contribution in [-0.2, 0) is 25.5 Å². The molecule has 40 heavy (non-hydrogen) atoms. The highest BCUT2D eigenvalue weighted by molar-refractivity contribution is 6.03. The molecular formula is C32H37N3O5. The second kappa shape index (κ2) is 10.4. The van der Waals surface area contributed by atoms with Gasteiger partial charge in [-0.15, -0.1) is 0 Å². The minimum Gasteiger partial charge on any atom is -0.497 e. The van der Waals surface area contributed by atoms with Gasteiger partial charge >= 0.3 is 0 Å². The summed E-state index contributed by atoms with van der Waals surface area (Å²) in [7, 11) is 1.62. The van der Waals surface area contributed by atoms with Gasteiger partial charge in [0.25, 0.3) is 0 Å². The zero-order chi connectivity index (χ0) is 27.9. The van der Waals surface area contributed by atoms with Crippen molar-refractivity contribution in [2.45, 2.75) is 68.7 Å². The molecule has 4 aliphatic rings. The first-order valence-corrected chi connectivity index (χ1v) is 14.3. The van der Waals surface area contributed by atoms with Gasteiger partial charge in [0, 0.05) is 18.3 Å². The number of likely N-dealkylation sites (tertiary alicyclic amines) is 1. The number of nitrogens with one attached hydrogen (secondary N) is 2. The van der Waals surface area contributed by atoms with Gasteiger partial charge in [-0.1, -0.05) is 61.7 Å². The molecule has 3 fully saturated rings. The Bertz CT molecular complexity index is 1310. The topological polar surface area (TPSA) is 97.0 Å². The number of amides is 3. The van der Waals surface area contributed by atoms with Crippen LogP contribution in [0.4, 0.5) is 5.69 Å². The number of anilines is 1. The Morgan fingerprint density at radius 3 is 2.42 bits per heavy atom. The van der Waals surface area contributed by atoms with E-state index < -0.39 is 29.1 Å². The van der Waals surface area contributed by atoms with Crippen LogP contribution in [0.15, 0.2) is 66.7 Å². The van der Waals surface area contributed by atoms with E-state index in [-0.39, 0.29) is 23.8 Å². The van der Waals surface area contributed by atoms with Crippen molar-refractivity contribution in [2.75, 3.05) is 19.0 Å². The summed E-state index contributed by atoms with van der Waals surface area (Å²) in [6, 6.07) is 16.2. The summed E-state index contributed by atoms with van der Waals surface area (Å²) in [4.78, 5) is 43.7. The first-order chi connectivity index (χ1) is 19.3. The Morgan fingerprint density at radius 1 is 1.00 bits per heavy atom. The summed E-state index contributed by atoms with van der Waals surface area (Å²) in [6.45, 7) is 2.18. The number of ether oxygens (including phenoxy) is 2. The molecule has 3 aliphatic heterocycles. The molecular weight excluding hydrogens is 506 g/mol. The molecule has 5 atom stereocenters. The second-order valence-corrected chi connectivity index (χ2v) is 11.7. The molecule has 1 saturated carbocycles. The summed E-state index contributed by atoms with van der Waals surface area (Å²) in [5.41, 5.74) is -0.487. The first kappa shape index (κ1) is 26.6. The van der Waals surface area contributed by atoms with Crippen LogP contribution in [0, 0.1) is 11.8 Å². The third-order valence-corrected chi connectivity index (χ3v) is 9.12. The molecule has 0 aromatic heterocycles. The summed E-state index contributed by atoms with van der Waals surface area (Å²) in [5, 5.41) is 6.23. The molecule has 8 nitrogen and oxygen atoms in total. The van der Waals surface area contributed by atoms with Crippen LogP contribution in [0.5, 0.6) is 5.75 Å². The zero-order valence-electron chi connectivity index (χ0n) is 23.1. The van der Waals surface area contributed by atoms with Crippen molar-refractivity contribution in [3.8, 4) is 5.75 Å². The number of fused-ring (bicyclic) bond motifs is 1. The monoisotopic (exact) mass is 543 g/mol. The number of methoxy groups -OCH3 is 1. The molecule has 2 aromatic carbocycles. The maximum Gasteiger partial charge on any atom is 0.246 e. The van der Waals surface area contributed by atoms with E-state index in [4.69, 9.17) is 9.47 Å². The van der Waals surface area contributed by atoms with Crippen molar-refractivity contribution >= 4 is 23.4 Å². The van der Waals surface area contributed by atoms with Gasteiger partial charge in [-0.25, -0.2) is 0 Å². The zero-order valence-corrected chi connectivity index (χ0v) is 23.1. The van der Waals surface area contributed by atoms with Crippen molar-refractivity contribution in [1.82, 2.24) is 10.2 Å². The van der Waals surface area contributed by atoms with Gasteiger partial charge in [-0.2, -0.15) is 0 Å². The molecule has 8 heteroatoms. The van der Waals surface area contributed by atoms with Crippen LogP contribution in [-0.4, -0.2) is 59.6 Å². The highest BCUT2D eigenvalue weighted by atomic mass is 16.5. The molecule has 0 radical (unpaired) electrons. The fourth-order valence-electron chi connectivity index (χ4n) is 7.18. The maximum absolute atomic E-state index is 14.2. The number of carbonyl (C=O) groups is 3. The van der Waals surface area contributed by atoms with E-state index in [2.05, 4.69) is 10.6 Å². The van der Waals surface area contributed by atoms with Gasteiger partial charge in [0.05, 0.1) is 24.5 Å². The fraction of sp³-hybridized carbons (Fsp3) is 0.469. The normalized spacial score (nSPS) is 30.8. The quantitative estimate of drug-likeness (QED) is 0.493. The number of carbonyl (C=O) groups excluding carboxylic acids is 3. The van der Waals surface area contributed by atoms with E-state index in [1.165, 1.54) is 6.42 Å². The first-order valence-electron chi connectivity index (χ1n) is 14.3. The average Bonchev–Trinajstić information content (AvgIpc) is 3.53. The number of para-hydroxylation sites is 1. The maximum atomic E-state index is 14.2. The number of rotatable bonds is 8. The highest BCUT2D eigenvalue weighted by Gasteiger charge is 2.76. The Hall–Kier alpha value is -3.65. The van der Waals surface area contributed by atoms with Crippen LogP contribution in [0.25, 0.3) is 0 Å². The Balaban J connectivity index is 1.31. The molecule has 6 rings (SSSR count). The number of nitrogens with zero attached hydrogens (tertiary/aromatic N) is 1. The molecule has 2 N–H and O–H groups in total. The molecule has 2 aromatic rings. The van der Waals surface area contributed by atoms with E-state index in [0.717, 1.165) is 37.0 Å². The molecule has 1 aliphatic carbocycles. The van der Waals surface area contributed by atoms with Crippen molar-refractivity contribution < 1.29 is 23.9 Å². The number of benzene rings is 2. The van der Waals surface area contributed by atoms with Crippen molar-refractivity contribution in [1.29, 1.82) is 0 Å². The molecule has 3 heterocycles. The van der Waals surface area contributed by atoms with E-state index in [1.54, 1.807) is 12.0 Å². The lowest BCUT2D eigenvalue weighted by atomic mass is 9.70. The summed E-state index contributed by atoms with van der Waals surface area (Å²) < 4.78 is 11.9. The average molecular weight is 544 g/mol. The van der Waals surface area contributed by atoms with E-state index >= 15 is 0 Å². The van der Waals surface area contributed by atoms with Gasteiger partial charge in [-0.05, 0) is 56.0 Å². The third-order valence-electron chi connectivity index (χ3n) is 9.12. The van der Waals surface area contributed by atoms with Crippen LogP contribution in [0.3, 0.4) is 0 Å². The standard InChI is InChI=1S/C32H37N3O5/c1-31-18-19-32(40-31)26(25(31)28(36)33-22-9-5-3-6-10-22)30(38)35(20-17-21-13-15-24(39-2)16-14-21)27(32)29(37)34-23-11-7-4-8-12-23/h3,5-6,9-10,13-16,18-19,23,25-27H,4,7-8,11-12,17,20H2,1-2H3,(H,33,36)(H,34,37)/t25-,26+,27-,31-,32+/m1/s1. The van der Waals surface area contributed by atoms with E-state index in [0.29, 0.717) is 18.7 Å². The SMILES string of the molecule is COc1ccc(CCN2C(=O)[C@@H]3[C@H](C(=O)Nc4ccccc4)[C@@]4(C)C=C[C@@]3(O4)[C@H]2C(=O)NC2CCCCC2)cc1. The lowest BCUT2D eigenvalue weighted by Crippen LogP contribution is -2.57. The van der Waals surface area contributed by atoms with Gasteiger partial charge < -0.3 is 25.0 Å². The van der Waals surface area contributed by atoms with Crippen molar-refractivity contribution in [2.24, 2.45) is 11.8 Å². The lowest BCUT2D eigenvalue weighted by molar-refractivity contribution is -0.144. The molecule has 2 bridgehead atoms. The summed E-state index contributed by atoms with van der Waals surface area (Å²) in [6.07, 6.45) is 9.53. The summed E-state index contributed by atoms with van der Waals surface area (Å²) in [5.74, 6) is -1.48. The Morgan fingerprint density at radius 2 is 1.73 bits per heavy atom. The minimum atomic E-state index is -1.19. The predicted molar refractivity (Wildman–Crippen MR) is 151 cm³/mol. The minimum absolute atomic E-state index is 0.0885. The highest BCUT2D eigenvalue weighted by Crippen LogP contribution is 2.59. The van der Waals surface area contributed by atoms with Crippen LogP contribution < -0.4 is 15.4 Å². The summed E-state index contributed by atoms with van der Waals surface area (Å²) >= 11 is 0. The number of hydrogen-bond donors (Lipinski definition) is 2. The van der Waals surface area contributed by atoms with Gasteiger partial charge in [0.1, 0.15) is 17.4 Å². The molecule has 2 saturated heterocycles. The van der Waals surface area contributed by atoms with Crippen LogP contribution >= 0.6 is 0 Å². The van der Waals surface area contributed by atoms with E-state index in [1.807, 2.05) is 73.7 Å². The van der Waals surface area contributed by atoms with Crippen molar-refractivity contribution in [3.05, 3.63) is 72.3 Å².